The Kier molecular flexibility index (Phi) is 5.57. The SMILES string of the molecule is COc1ccc(C(=O)Nc2cc(-c3ccccc3)sc2C(C)=O)cc1OC. The smallest absolute Gasteiger partial charge is 0.255 e. The molecule has 0 spiro atoms. The summed E-state index contributed by atoms with van der Waals surface area (Å²) in [6.45, 7) is 1.49. The number of Topliss-reactive ketones (excluding diaryl/α,β-unsaturated/α-hetero) is 1. The summed E-state index contributed by atoms with van der Waals surface area (Å²) >= 11 is 1.36. The number of ether oxygens (including phenoxy) is 2. The summed E-state index contributed by atoms with van der Waals surface area (Å²) in [4.78, 5) is 26.2. The number of benzene rings is 2. The zero-order valence-corrected chi connectivity index (χ0v) is 16.1. The Bertz CT molecular complexity index is 979. The van der Waals surface area contributed by atoms with Crippen LogP contribution in [0.2, 0.25) is 0 Å². The molecule has 6 heteroatoms. The fourth-order valence-corrected chi connectivity index (χ4v) is 3.68. The number of ketones is 1. The number of hydrogen-bond acceptors (Lipinski definition) is 5. The van der Waals surface area contributed by atoms with Gasteiger partial charge in [0.1, 0.15) is 0 Å². The molecule has 138 valence electrons. The third kappa shape index (κ3) is 4.01. The van der Waals surface area contributed by atoms with Crippen LogP contribution in [0.25, 0.3) is 10.4 Å². The molecule has 1 amide bonds. The van der Waals surface area contributed by atoms with Gasteiger partial charge in [0.2, 0.25) is 0 Å². The van der Waals surface area contributed by atoms with Crippen LogP contribution in [0.1, 0.15) is 27.0 Å². The van der Waals surface area contributed by atoms with Gasteiger partial charge in [-0.3, -0.25) is 9.59 Å². The first kappa shape index (κ1) is 18.7. The minimum atomic E-state index is -0.323. The molecule has 3 aromatic rings. The predicted molar refractivity (Wildman–Crippen MR) is 107 cm³/mol. The molecule has 3 rings (SSSR count). The van der Waals surface area contributed by atoms with Crippen LogP contribution in [0, 0.1) is 0 Å². The lowest BCUT2D eigenvalue weighted by Crippen LogP contribution is -2.13. The van der Waals surface area contributed by atoms with Crippen LogP contribution < -0.4 is 14.8 Å². The average Bonchev–Trinajstić information content (AvgIpc) is 3.12. The molecule has 27 heavy (non-hydrogen) atoms. The van der Waals surface area contributed by atoms with Crippen LogP contribution in [0.4, 0.5) is 5.69 Å². The topological polar surface area (TPSA) is 64.6 Å². The first-order chi connectivity index (χ1) is 13.0. The zero-order chi connectivity index (χ0) is 19.4. The van der Waals surface area contributed by atoms with Crippen LogP contribution in [0.3, 0.4) is 0 Å². The van der Waals surface area contributed by atoms with E-state index in [9.17, 15) is 9.59 Å². The summed E-state index contributed by atoms with van der Waals surface area (Å²) in [5.41, 5.74) is 1.91. The Morgan fingerprint density at radius 2 is 1.63 bits per heavy atom. The summed E-state index contributed by atoms with van der Waals surface area (Å²) in [6.07, 6.45) is 0. The van der Waals surface area contributed by atoms with Gasteiger partial charge in [-0.15, -0.1) is 11.3 Å². The van der Waals surface area contributed by atoms with Gasteiger partial charge in [0.05, 0.1) is 24.8 Å². The number of carbonyl (C=O) groups is 2. The predicted octanol–water partition coefficient (Wildman–Crippen LogP) is 4.89. The minimum Gasteiger partial charge on any atom is -0.493 e. The summed E-state index contributed by atoms with van der Waals surface area (Å²) in [6, 6.07) is 16.5. The van der Waals surface area contributed by atoms with Crippen molar-refractivity contribution in [3.05, 3.63) is 65.0 Å². The minimum absolute atomic E-state index is 0.0928. The van der Waals surface area contributed by atoms with Crippen LogP contribution in [-0.2, 0) is 0 Å². The monoisotopic (exact) mass is 381 g/mol. The lowest BCUT2D eigenvalue weighted by molar-refractivity contribution is 0.102. The molecule has 1 N–H and O–H groups in total. The molecule has 5 nitrogen and oxygen atoms in total. The molecule has 2 aromatic carbocycles. The number of hydrogen-bond donors (Lipinski definition) is 1. The van der Waals surface area contributed by atoms with Crippen LogP contribution in [-0.4, -0.2) is 25.9 Å². The second kappa shape index (κ2) is 8.05. The largest absolute Gasteiger partial charge is 0.493 e. The summed E-state index contributed by atoms with van der Waals surface area (Å²) in [7, 11) is 3.05. The normalized spacial score (nSPS) is 10.3. The quantitative estimate of drug-likeness (QED) is 0.618. The van der Waals surface area contributed by atoms with E-state index in [1.165, 1.54) is 32.5 Å². The molecule has 0 bridgehead atoms. The molecule has 0 aliphatic carbocycles. The number of rotatable bonds is 6. The zero-order valence-electron chi connectivity index (χ0n) is 15.2. The Labute approximate surface area is 161 Å². The molecule has 0 saturated carbocycles. The van der Waals surface area contributed by atoms with Gasteiger partial charge in [-0.1, -0.05) is 30.3 Å². The number of carbonyl (C=O) groups excluding carboxylic acids is 2. The van der Waals surface area contributed by atoms with Gasteiger partial charge in [0.15, 0.2) is 17.3 Å². The summed E-state index contributed by atoms with van der Waals surface area (Å²) in [5.74, 6) is 0.591. The molecular formula is C21H19NO4S. The Hall–Kier alpha value is -3.12. The Balaban J connectivity index is 1.92. The molecule has 0 aliphatic rings. The van der Waals surface area contributed by atoms with E-state index in [1.54, 1.807) is 18.2 Å². The molecule has 0 atom stereocenters. The first-order valence-corrected chi connectivity index (χ1v) is 9.08. The van der Waals surface area contributed by atoms with E-state index in [4.69, 9.17) is 9.47 Å². The van der Waals surface area contributed by atoms with E-state index in [0.29, 0.717) is 27.6 Å². The van der Waals surface area contributed by atoms with Gasteiger partial charge in [-0.2, -0.15) is 0 Å². The van der Waals surface area contributed by atoms with E-state index in [-0.39, 0.29) is 11.7 Å². The maximum absolute atomic E-state index is 12.7. The maximum Gasteiger partial charge on any atom is 0.255 e. The van der Waals surface area contributed by atoms with Crippen molar-refractivity contribution < 1.29 is 19.1 Å². The van der Waals surface area contributed by atoms with E-state index < -0.39 is 0 Å². The van der Waals surface area contributed by atoms with Gasteiger partial charge >= 0.3 is 0 Å². The second-order valence-corrected chi connectivity index (χ2v) is 6.85. The van der Waals surface area contributed by atoms with E-state index >= 15 is 0 Å². The van der Waals surface area contributed by atoms with Gasteiger partial charge in [-0.25, -0.2) is 0 Å². The van der Waals surface area contributed by atoms with Crippen molar-refractivity contribution in [2.75, 3.05) is 19.5 Å². The Morgan fingerprint density at radius 1 is 0.926 bits per heavy atom. The van der Waals surface area contributed by atoms with Crippen molar-refractivity contribution in [2.45, 2.75) is 6.92 Å². The van der Waals surface area contributed by atoms with Gasteiger partial charge in [0, 0.05) is 17.4 Å². The number of amides is 1. The van der Waals surface area contributed by atoms with E-state index in [1.807, 2.05) is 36.4 Å². The molecule has 0 saturated heterocycles. The van der Waals surface area contributed by atoms with Gasteiger partial charge in [-0.05, 0) is 29.8 Å². The first-order valence-electron chi connectivity index (χ1n) is 8.27. The Morgan fingerprint density at radius 3 is 2.26 bits per heavy atom. The lowest BCUT2D eigenvalue weighted by Gasteiger charge is -2.10. The molecule has 1 heterocycles. The van der Waals surface area contributed by atoms with Crippen molar-refractivity contribution in [1.29, 1.82) is 0 Å². The van der Waals surface area contributed by atoms with Crippen molar-refractivity contribution in [3.8, 4) is 21.9 Å². The third-order valence-corrected chi connectivity index (χ3v) is 5.29. The molecule has 0 fully saturated rings. The summed E-state index contributed by atoms with van der Waals surface area (Å²) < 4.78 is 10.4. The number of anilines is 1. The van der Waals surface area contributed by atoms with Crippen molar-refractivity contribution in [2.24, 2.45) is 0 Å². The van der Waals surface area contributed by atoms with Crippen LogP contribution in [0.15, 0.2) is 54.6 Å². The number of nitrogens with one attached hydrogen (secondary N) is 1. The fraction of sp³-hybridized carbons (Fsp3) is 0.143. The second-order valence-electron chi connectivity index (χ2n) is 5.80. The molecule has 0 aliphatic heterocycles. The highest BCUT2D eigenvalue weighted by Crippen LogP contribution is 2.35. The van der Waals surface area contributed by atoms with E-state index in [0.717, 1.165) is 10.4 Å². The molecule has 1 aromatic heterocycles. The van der Waals surface area contributed by atoms with Gasteiger partial charge in [0.25, 0.3) is 5.91 Å². The molecule has 0 radical (unpaired) electrons. The van der Waals surface area contributed by atoms with Crippen molar-refractivity contribution >= 4 is 28.7 Å². The highest BCUT2D eigenvalue weighted by atomic mass is 32.1. The fourth-order valence-electron chi connectivity index (χ4n) is 2.66. The van der Waals surface area contributed by atoms with Crippen molar-refractivity contribution in [1.82, 2.24) is 0 Å². The van der Waals surface area contributed by atoms with Gasteiger partial charge < -0.3 is 14.8 Å². The van der Waals surface area contributed by atoms with Crippen LogP contribution in [0.5, 0.6) is 11.5 Å². The highest BCUT2D eigenvalue weighted by molar-refractivity contribution is 7.18. The number of thiophene rings is 1. The van der Waals surface area contributed by atoms with E-state index in [2.05, 4.69) is 5.32 Å². The lowest BCUT2D eigenvalue weighted by atomic mass is 10.1. The summed E-state index contributed by atoms with van der Waals surface area (Å²) in [5, 5.41) is 2.84. The highest BCUT2D eigenvalue weighted by Gasteiger charge is 2.18. The standard InChI is InChI=1S/C21H19NO4S/c1-13(23)20-16(12-19(27-20)14-7-5-4-6-8-14)22-21(24)15-9-10-17(25-2)18(11-15)26-3/h4-12H,1-3H3,(H,22,24). The maximum atomic E-state index is 12.7. The average molecular weight is 381 g/mol. The van der Waals surface area contributed by atoms with Crippen molar-refractivity contribution in [3.63, 3.8) is 0 Å². The molecule has 0 unspecified atom stereocenters. The third-order valence-electron chi connectivity index (χ3n) is 4.00. The van der Waals surface area contributed by atoms with Crippen LogP contribution >= 0.6 is 11.3 Å². The molecular weight excluding hydrogens is 362 g/mol. The number of methoxy groups -OCH3 is 2.